The lowest BCUT2D eigenvalue weighted by molar-refractivity contribution is 0.184. The molecule has 0 saturated carbocycles. The maximum atomic E-state index is 4.48. The Balaban J connectivity index is 2.14. The maximum Gasteiger partial charge on any atom is 0.159 e. The van der Waals surface area contributed by atoms with Crippen molar-refractivity contribution >= 4 is 27.3 Å². The number of halogens is 1. The molecular formula is C9H13BrN2S. The second-order valence-electron chi connectivity index (χ2n) is 3.52. The Kier molecular flexibility index (Phi) is 3.01. The van der Waals surface area contributed by atoms with Crippen LogP contribution in [0.1, 0.15) is 31.0 Å². The molecular weight excluding hydrogens is 248 g/mol. The van der Waals surface area contributed by atoms with Crippen molar-refractivity contribution < 1.29 is 0 Å². The summed E-state index contributed by atoms with van der Waals surface area (Å²) in [5.41, 5.74) is 1.24. The van der Waals surface area contributed by atoms with Gasteiger partial charge in [0.25, 0.3) is 0 Å². The van der Waals surface area contributed by atoms with E-state index in [-0.39, 0.29) is 0 Å². The molecule has 1 atom stereocenters. The first-order valence-corrected chi connectivity index (χ1v) is 6.26. The SMILES string of the molecule is CN1CCCCC1c1csc(Br)n1. The van der Waals surface area contributed by atoms with Crippen molar-refractivity contribution in [3.63, 3.8) is 0 Å². The van der Waals surface area contributed by atoms with Gasteiger partial charge in [-0.25, -0.2) is 4.98 Å². The van der Waals surface area contributed by atoms with E-state index in [1.165, 1.54) is 31.5 Å². The zero-order valence-electron chi connectivity index (χ0n) is 7.66. The van der Waals surface area contributed by atoms with Crippen LogP contribution in [0.5, 0.6) is 0 Å². The molecule has 2 nitrogen and oxygen atoms in total. The summed E-state index contributed by atoms with van der Waals surface area (Å²) in [6.45, 7) is 1.21. The van der Waals surface area contributed by atoms with Gasteiger partial charge in [0.2, 0.25) is 0 Å². The maximum absolute atomic E-state index is 4.48. The van der Waals surface area contributed by atoms with Crippen LogP contribution in [0.15, 0.2) is 9.30 Å². The average molecular weight is 261 g/mol. The molecule has 1 fully saturated rings. The lowest BCUT2D eigenvalue weighted by Crippen LogP contribution is -2.29. The van der Waals surface area contributed by atoms with Crippen molar-refractivity contribution in [2.24, 2.45) is 0 Å². The molecule has 0 spiro atoms. The van der Waals surface area contributed by atoms with E-state index in [9.17, 15) is 0 Å². The first-order chi connectivity index (χ1) is 6.27. The molecule has 0 bridgehead atoms. The fourth-order valence-corrected chi connectivity index (χ4v) is 2.94. The molecule has 0 aliphatic carbocycles. The highest BCUT2D eigenvalue weighted by Crippen LogP contribution is 2.31. The van der Waals surface area contributed by atoms with Gasteiger partial charge >= 0.3 is 0 Å². The van der Waals surface area contributed by atoms with Gasteiger partial charge in [-0.15, -0.1) is 11.3 Å². The fraction of sp³-hybridized carbons (Fsp3) is 0.667. The second-order valence-corrected chi connectivity index (χ2v) is 5.65. The van der Waals surface area contributed by atoms with Gasteiger partial charge in [0, 0.05) is 5.38 Å². The summed E-state index contributed by atoms with van der Waals surface area (Å²) in [7, 11) is 2.19. The zero-order chi connectivity index (χ0) is 9.26. The van der Waals surface area contributed by atoms with Crippen LogP contribution in [0.25, 0.3) is 0 Å². The van der Waals surface area contributed by atoms with Crippen LogP contribution in [-0.4, -0.2) is 23.5 Å². The first-order valence-electron chi connectivity index (χ1n) is 4.58. The van der Waals surface area contributed by atoms with Crippen LogP contribution in [0.3, 0.4) is 0 Å². The highest BCUT2D eigenvalue weighted by atomic mass is 79.9. The third kappa shape index (κ3) is 2.11. The summed E-state index contributed by atoms with van der Waals surface area (Å²) < 4.78 is 1.00. The van der Waals surface area contributed by atoms with E-state index in [2.05, 4.69) is 38.2 Å². The predicted molar refractivity (Wildman–Crippen MR) is 59.0 cm³/mol. The van der Waals surface area contributed by atoms with Gasteiger partial charge in [0.1, 0.15) is 0 Å². The van der Waals surface area contributed by atoms with E-state index in [0.717, 1.165) is 3.92 Å². The van der Waals surface area contributed by atoms with Gasteiger partial charge in [-0.3, -0.25) is 4.90 Å². The third-order valence-electron chi connectivity index (χ3n) is 2.61. The smallest absolute Gasteiger partial charge is 0.159 e. The zero-order valence-corrected chi connectivity index (χ0v) is 10.1. The minimum atomic E-state index is 0.552. The van der Waals surface area contributed by atoms with Gasteiger partial charge in [-0.2, -0.15) is 0 Å². The summed E-state index contributed by atoms with van der Waals surface area (Å²) in [5.74, 6) is 0. The molecule has 4 heteroatoms. The minimum absolute atomic E-state index is 0.552. The molecule has 1 aromatic rings. The lowest BCUT2D eigenvalue weighted by atomic mass is 10.0. The molecule has 2 heterocycles. The Bertz CT molecular complexity index is 287. The quantitative estimate of drug-likeness (QED) is 0.772. The molecule has 0 amide bonds. The van der Waals surface area contributed by atoms with Gasteiger partial charge in [0.05, 0.1) is 11.7 Å². The van der Waals surface area contributed by atoms with Crippen molar-refractivity contribution in [3.8, 4) is 0 Å². The standard InChI is InChI=1S/C9H13BrN2S/c1-12-5-3-2-4-8(12)7-6-13-9(10)11-7/h6,8H,2-5H2,1H3. The van der Waals surface area contributed by atoms with Crippen LogP contribution in [0.4, 0.5) is 0 Å². The Morgan fingerprint density at radius 1 is 1.62 bits per heavy atom. The van der Waals surface area contributed by atoms with Crippen LogP contribution in [0, 0.1) is 0 Å². The summed E-state index contributed by atoms with van der Waals surface area (Å²) >= 11 is 5.09. The molecule has 0 aromatic carbocycles. The number of piperidine rings is 1. The van der Waals surface area contributed by atoms with Crippen LogP contribution < -0.4 is 0 Å². The van der Waals surface area contributed by atoms with Gasteiger partial charge < -0.3 is 0 Å². The molecule has 0 N–H and O–H groups in total. The summed E-state index contributed by atoms with van der Waals surface area (Å²) in [5, 5.41) is 2.16. The van der Waals surface area contributed by atoms with Crippen molar-refractivity contribution in [3.05, 3.63) is 15.0 Å². The molecule has 1 unspecified atom stereocenters. The van der Waals surface area contributed by atoms with E-state index < -0.39 is 0 Å². The van der Waals surface area contributed by atoms with E-state index >= 15 is 0 Å². The number of aromatic nitrogens is 1. The number of hydrogen-bond donors (Lipinski definition) is 0. The Hall–Kier alpha value is 0.0700. The normalized spacial score (nSPS) is 24.9. The summed E-state index contributed by atoms with van der Waals surface area (Å²) in [6, 6.07) is 0.552. The topological polar surface area (TPSA) is 16.1 Å². The number of likely N-dealkylation sites (tertiary alicyclic amines) is 1. The second kappa shape index (κ2) is 4.07. The van der Waals surface area contributed by atoms with Crippen molar-refractivity contribution in [1.29, 1.82) is 0 Å². The van der Waals surface area contributed by atoms with Crippen molar-refractivity contribution in [2.45, 2.75) is 25.3 Å². The number of thiazole rings is 1. The molecule has 1 aliphatic heterocycles. The molecule has 2 rings (SSSR count). The molecule has 1 aromatic heterocycles. The summed E-state index contributed by atoms with van der Waals surface area (Å²) in [6.07, 6.45) is 3.93. The number of hydrogen-bond acceptors (Lipinski definition) is 3. The molecule has 72 valence electrons. The van der Waals surface area contributed by atoms with Gasteiger partial charge in [0.15, 0.2) is 3.92 Å². The van der Waals surface area contributed by atoms with Crippen LogP contribution >= 0.6 is 27.3 Å². The van der Waals surface area contributed by atoms with Crippen LogP contribution in [-0.2, 0) is 0 Å². The fourth-order valence-electron chi connectivity index (χ4n) is 1.87. The highest BCUT2D eigenvalue weighted by Gasteiger charge is 2.22. The monoisotopic (exact) mass is 260 g/mol. The Morgan fingerprint density at radius 2 is 2.46 bits per heavy atom. The lowest BCUT2D eigenvalue weighted by Gasteiger charge is -2.31. The Morgan fingerprint density at radius 3 is 3.08 bits per heavy atom. The largest absolute Gasteiger partial charge is 0.298 e. The molecule has 1 saturated heterocycles. The van der Waals surface area contributed by atoms with Crippen molar-refractivity contribution in [2.75, 3.05) is 13.6 Å². The average Bonchev–Trinajstić information content (AvgIpc) is 2.53. The van der Waals surface area contributed by atoms with E-state index in [0.29, 0.717) is 6.04 Å². The van der Waals surface area contributed by atoms with E-state index in [4.69, 9.17) is 0 Å². The number of rotatable bonds is 1. The highest BCUT2D eigenvalue weighted by molar-refractivity contribution is 9.11. The molecule has 1 aliphatic rings. The van der Waals surface area contributed by atoms with Crippen LogP contribution in [0.2, 0.25) is 0 Å². The third-order valence-corrected chi connectivity index (χ3v) is 3.99. The minimum Gasteiger partial charge on any atom is -0.298 e. The van der Waals surface area contributed by atoms with Gasteiger partial charge in [-0.05, 0) is 42.4 Å². The van der Waals surface area contributed by atoms with Crippen molar-refractivity contribution in [1.82, 2.24) is 9.88 Å². The Labute approximate surface area is 91.1 Å². The molecule has 0 radical (unpaired) electrons. The predicted octanol–water partition coefficient (Wildman–Crippen LogP) is 3.06. The summed E-state index contributed by atoms with van der Waals surface area (Å²) in [4.78, 5) is 6.89. The first kappa shape index (κ1) is 9.62. The van der Waals surface area contributed by atoms with E-state index in [1.807, 2.05) is 0 Å². The number of nitrogens with zero attached hydrogens (tertiary/aromatic N) is 2. The van der Waals surface area contributed by atoms with E-state index in [1.54, 1.807) is 11.3 Å². The molecule has 13 heavy (non-hydrogen) atoms. The van der Waals surface area contributed by atoms with Gasteiger partial charge in [-0.1, -0.05) is 6.42 Å².